The fraction of sp³-hybridized carbons (Fsp3) is 0.455. The number of aromatic nitrogens is 2. The van der Waals surface area contributed by atoms with Gasteiger partial charge < -0.3 is 21.5 Å². The molecule has 32 heavy (non-hydrogen) atoms. The molecule has 0 bridgehead atoms. The van der Waals surface area contributed by atoms with Gasteiger partial charge in [0.25, 0.3) is 5.56 Å². The largest absolute Gasteiger partial charge is 0.480 e. The van der Waals surface area contributed by atoms with Crippen LogP contribution in [0.4, 0.5) is 17.2 Å². The minimum Gasteiger partial charge on any atom is -0.480 e. The van der Waals surface area contributed by atoms with Crippen LogP contribution in [0.5, 0.6) is 0 Å². The summed E-state index contributed by atoms with van der Waals surface area (Å²) in [5, 5.41) is 14.1. The van der Waals surface area contributed by atoms with Gasteiger partial charge >= 0.3 is 11.7 Å². The van der Waals surface area contributed by atoms with Crippen molar-refractivity contribution in [2.45, 2.75) is 53.1 Å². The number of hydrogen-bond acceptors (Lipinski definition) is 6. The maximum atomic E-state index is 12.8. The maximum Gasteiger partial charge on any atom is 0.332 e. The molecule has 0 radical (unpaired) electrons. The number of nitrogens with zero attached hydrogens (tertiary/aromatic N) is 2. The number of rotatable bonds is 11. The lowest BCUT2D eigenvalue weighted by molar-refractivity contribution is -0.135. The van der Waals surface area contributed by atoms with Crippen LogP contribution < -0.4 is 27.6 Å². The van der Waals surface area contributed by atoms with Crippen molar-refractivity contribution in [3.63, 3.8) is 0 Å². The SMILES string of the molecule is CCCn1c(N)c(NC(=O)C(C)Cc2ccc(NCC(=O)O)cc2)c(=O)n(CCC)c1=O. The molecule has 0 fully saturated rings. The van der Waals surface area contributed by atoms with Gasteiger partial charge in [-0.25, -0.2) is 4.79 Å². The van der Waals surface area contributed by atoms with E-state index in [0.29, 0.717) is 31.5 Å². The minimum atomic E-state index is -0.957. The Labute approximate surface area is 186 Å². The Morgan fingerprint density at radius 3 is 2.22 bits per heavy atom. The average molecular weight is 446 g/mol. The first-order valence-electron chi connectivity index (χ1n) is 10.7. The van der Waals surface area contributed by atoms with E-state index in [9.17, 15) is 19.2 Å². The van der Waals surface area contributed by atoms with Crippen LogP contribution in [0.1, 0.15) is 39.2 Å². The van der Waals surface area contributed by atoms with Gasteiger partial charge in [-0.05, 0) is 37.0 Å². The molecule has 1 atom stereocenters. The van der Waals surface area contributed by atoms with E-state index < -0.39 is 23.1 Å². The summed E-state index contributed by atoms with van der Waals surface area (Å²) in [6.45, 7) is 5.88. The molecule has 0 aliphatic heterocycles. The number of carboxylic acid groups (broad SMARTS) is 1. The van der Waals surface area contributed by atoms with Gasteiger partial charge in [-0.15, -0.1) is 0 Å². The van der Waals surface area contributed by atoms with Crippen molar-refractivity contribution >= 4 is 29.1 Å². The number of carbonyl (C=O) groups excluding carboxylic acids is 1. The second kappa shape index (κ2) is 11.2. The van der Waals surface area contributed by atoms with Gasteiger partial charge in [0, 0.05) is 24.7 Å². The highest BCUT2D eigenvalue weighted by Crippen LogP contribution is 2.17. The molecule has 0 saturated heterocycles. The summed E-state index contributed by atoms with van der Waals surface area (Å²) in [6.07, 6.45) is 1.64. The number of benzene rings is 1. The van der Waals surface area contributed by atoms with Gasteiger partial charge in [-0.1, -0.05) is 32.9 Å². The molecule has 5 N–H and O–H groups in total. The first kappa shape index (κ1) is 24.7. The van der Waals surface area contributed by atoms with E-state index in [0.717, 1.165) is 10.1 Å². The summed E-state index contributed by atoms with van der Waals surface area (Å²) in [4.78, 5) is 48.9. The van der Waals surface area contributed by atoms with E-state index in [1.807, 2.05) is 13.8 Å². The van der Waals surface area contributed by atoms with Crippen LogP contribution in [0, 0.1) is 5.92 Å². The lowest BCUT2D eigenvalue weighted by Crippen LogP contribution is -2.43. The van der Waals surface area contributed by atoms with E-state index >= 15 is 0 Å². The van der Waals surface area contributed by atoms with Crippen LogP contribution in [0.25, 0.3) is 0 Å². The van der Waals surface area contributed by atoms with Crippen molar-refractivity contribution < 1.29 is 14.7 Å². The van der Waals surface area contributed by atoms with Crippen molar-refractivity contribution in [3.05, 3.63) is 50.7 Å². The molecular weight excluding hydrogens is 414 g/mol. The quantitative estimate of drug-likeness (QED) is 0.411. The number of anilines is 3. The average Bonchev–Trinajstić information content (AvgIpc) is 2.76. The van der Waals surface area contributed by atoms with Crippen LogP contribution >= 0.6 is 0 Å². The molecule has 2 rings (SSSR count). The molecule has 1 amide bonds. The van der Waals surface area contributed by atoms with Crippen LogP contribution in [0.15, 0.2) is 33.9 Å². The maximum absolute atomic E-state index is 12.8. The number of carboxylic acids is 1. The second-order valence-corrected chi connectivity index (χ2v) is 7.69. The van der Waals surface area contributed by atoms with Gasteiger partial charge in [-0.3, -0.25) is 23.5 Å². The Morgan fingerprint density at radius 2 is 1.66 bits per heavy atom. The van der Waals surface area contributed by atoms with E-state index in [1.165, 1.54) is 4.57 Å². The Balaban J connectivity index is 2.20. The molecule has 1 aromatic carbocycles. The highest BCUT2D eigenvalue weighted by molar-refractivity contribution is 5.94. The van der Waals surface area contributed by atoms with Crippen molar-refractivity contribution in [2.75, 3.05) is 22.9 Å². The van der Waals surface area contributed by atoms with Gasteiger partial charge in [0.05, 0.1) is 0 Å². The summed E-state index contributed by atoms with van der Waals surface area (Å²) in [6, 6.07) is 7.09. The number of nitrogens with two attached hydrogens (primary N) is 1. The third kappa shape index (κ3) is 5.99. The summed E-state index contributed by atoms with van der Waals surface area (Å²) >= 11 is 0. The van der Waals surface area contributed by atoms with Gasteiger partial charge in [-0.2, -0.15) is 0 Å². The van der Waals surface area contributed by atoms with Crippen LogP contribution in [-0.2, 0) is 29.1 Å². The third-order valence-electron chi connectivity index (χ3n) is 5.00. The Bertz CT molecular complexity index is 1070. The first-order valence-corrected chi connectivity index (χ1v) is 10.7. The fourth-order valence-corrected chi connectivity index (χ4v) is 3.32. The van der Waals surface area contributed by atoms with Crippen LogP contribution in [0.3, 0.4) is 0 Å². The van der Waals surface area contributed by atoms with Gasteiger partial charge in [0.15, 0.2) is 0 Å². The molecule has 10 nitrogen and oxygen atoms in total. The monoisotopic (exact) mass is 445 g/mol. The zero-order valence-corrected chi connectivity index (χ0v) is 18.7. The lowest BCUT2D eigenvalue weighted by Gasteiger charge is -2.18. The van der Waals surface area contributed by atoms with Crippen molar-refractivity contribution in [1.29, 1.82) is 0 Å². The van der Waals surface area contributed by atoms with E-state index in [-0.39, 0.29) is 30.5 Å². The normalized spacial score (nSPS) is 11.7. The molecule has 0 spiro atoms. The lowest BCUT2D eigenvalue weighted by atomic mass is 10.00. The van der Waals surface area contributed by atoms with Gasteiger partial charge in [0.2, 0.25) is 5.91 Å². The number of hydrogen-bond donors (Lipinski definition) is 4. The zero-order valence-electron chi connectivity index (χ0n) is 18.7. The molecule has 0 aliphatic rings. The molecule has 0 saturated carbocycles. The van der Waals surface area contributed by atoms with E-state index in [2.05, 4.69) is 10.6 Å². The summed E-state index contributed by atoms with van der Waals surface area (Å²) < 4.78 is 2.43. The molecular formula is C22H31N5O5. The number of aliphatic carboxylic acids is 1. The Kier molecular flexibility index (Phi) is 8.62. The van der Waals surface area contributed by atoms with Crippen LogP contribution in [-0.4, -0.2) is 32.7 Å². The highest BCUT2D eigenvalue weighted by atomic mass is 16.4. The molecule has 10 heteroatoms. The molecule has 174 valence electrons. The molecule has 1 aromatic heterocycles. The number of nitrogen functional groups attached to an aromatic ring is 1. The smallest absolute Gasteiger partial charge is 0.332 e. The van der Waals surface area contributed by atoms with Crippen LogP contribution in [0.2, 0.25) is 0 Å². The van der Waals surface area contributed by atoms with Gasteiger partial charge in [0.1, 0.15) is 18.1 Å². The van der Waals surface area contributed by atoms with E-state index in [4.69, 9.17) is 10.8 Å². The standard InChI is InChI=1S/C22H31N5O5/c1-4-10-26-19(23)18(21(31)27(11-5-2)22(26)32)25-20(30)14(3)12-15-6-8-16(9-7-15)24-13-17(28)29/h6-9,14,24H,4-5,10-13,23H2,1-3H3,(H,25,30)(H,28,29). The third-order valence-corrected chi connectivity index (χ3v) is 5.00. The summed E-state index contributed by atoms with van der Waals surface area (Å²) in [7, 11) is 0. The first-order chi connectivity index (χ1) is 15.2. The number of carbonyl (C=O) groups is 2. The summed E-state index contributed by atoms with van der Waals surface area (Å²) in [5.41, 5.74) is 6.48. The van der Waals surface area contributed by atoms with Crippen molar-refractivity contribution in [2.24, 2.45) is 5.92 Å². The predicted octanol–water partition coefficient (Wildman–Crippen LogP) is 1.73. The molecule has 1 unspecified atom stereocenters. The number of nitrogens with one attached hydrogen (secondary N) is 2. The summed E-state index contributed by atoms with van der Waals surface area (Å²) in [5.74, 6) is -1.85. The van der Waals surface area contributed by atoms with Crippen molar-refractivity contribution in [3.8, 4) is 0 Å². The minimum absolute atomic E-state index is 0.0383. The Morgan fingerprint density at radius 1 is 1.06 bits per heavy atom. The van der Waals surface area contributed by atoms with Crippen molar-refractivity contribution in [1.82, 2.24) is 9.13 Å². The highest BCUT2D eigenvalue weighted by Gasteiger charge is 2.21. The molecule has 2 aromatic rings. The topological polar surface area (TPSA) is 148 Å². The number of amides is 1. The second-order valence-electron chi connectivity index (χ2n) is 7.69. The predicted molar refractivity (Wildman–Crippen MR) is 124 cm³/mol. The molecule has 1 heterocycles. The molecule has 0 aliphatic carbocycles. The fourth-order valence-electron chi connectivity index (χ4n) is 3.32. The zero-order chi connectivity index (χ0) is 23.8. The Hall–Kier alpha value is -3.56. The van der Waals surface area contributed by atoms with E-state index in [1.54, 1.807) is 31.2 Å².